The van der Waals surface area contributed by atoms with Gasteiger partial charge >= 0.3 is 0 Å². The topological polar surface area (TPSA) is 59.2 Å². The highest BCUT2D eigenvalue weighted by Gasteiger charge is 2.23. The van der Waals surface area contributed by atoms with Crippen LogP contribution in [0.4, 0.5) is 4.39 Å². The molecule has 2 rings (SSSR count). The van der Waals surface area contributed by atoms with Crippen molar-refractivity contribution in [3.63, 3.8) is 0 Å². The van der Waals surface area contributed by atoms with Gasteiger partial charge in [0.15, 0.2) is 0 Å². The van der Waals surface area contributed by atoms with Crippen molar-refractivity contribution < 1.29 is 9.18 Å². The van der Waals surface area contributed by atoms with Gasteiger partial charge < -0.3 is 5.73 Å². The largest absolute Gasteiger partial charge is 0.368 e. The Kier molecular flexibility index (Phi) is 4.88. The lowest BCUT2D eigenvalue weighted by molar-refractivity contribution is -0.123. The number of aromatic nitrogens is 1. The Balaban J connectivity index is 2.22. The summed E-state index contributed by atoms with van der Waals surface area (Å²) in [5.74, 6) is -0.940. The average Bonchev–Trinajstić information content (AvgIpc) is 2.41. The van der Waals surface area contributed by atoms with Crippen LogP contribution < -0.4 is 5.73 Å². The standard InChI is InChI=1S/C15H15ClFN3O/c1-20(9-10-5-6-13(16)19-8-10)14(15(18)21)11-3-2-4-12(17)7-11/h2-8,14H,9H2,1H3,(H2,18,21)/t14-/m0/s1. The molecule has 0 fully saturated rings. The van der Waals surface area contributed by atoms with Crippen molar-refractivity contribution in [3.05, 3.63) is 64.7 Å². The Morgan fingerprint density at radius 2 is 2.19 bits per heavy atom. The predicted octanol–water partition coefficient (Wildman–Crippen LogP) is 2.53. The minimum absolute atomic E-state index is 0.401. The molecule has 0 spiro atoms. The van der Waals surface area contributed by atoms with Crippen LogP contribution in [0.3, 0.4) is 0 Å². The van der Waals surface area contributed by atoms with E-state index in [9.17, 15) is 9.18 Å². The van der Waals surface area contributed by atoms with E-state index in [1.807, 2.05) is 6.07 Å². The van der Waals surface area contributed by atoms with E-state index in [2.05, 4.69) is 4.98 Å². The molecule has 0 aliphatic heterocycles. The van der Waals surface area contributed by atoms with E-state index in [4.69, 9.17) is 17.3 Å². The third kappa shape index (κ3) is 4.00. The number of carbonyl (C=O) groups is 1. The number of likely N-dealkylation sites (N-methyl/N-ethyl adjacent to an activating group) is 1. The Morgan fingerprint density at radius 3 is 2.76 bits per heavy atom. The Bertz CT molecular complexity index is 633. The maximum atomic E-state index is 13.3. The van der Waals surface area contributed by atoms with E-state index < -0.39 is 17.8 Å². The van der Waals surface area contributed by atoms with Crippen molar-refractivity contribution in [2.75, 3.05) is 7.05 Å². The Hall–Kier alpha value is -1.98. The van der Waals surface area contributed by atoms with Crippen LogP contribution in [0.5, 0.6) is 0 Å². The lowest BCUT2D eigenvalue weighted by Crippen LogP contribution is -2.35. The first-order valence-electron chi connectivity index (χ1n) is 6.33. The zero-order valence-corrected chi connectivity index (χ0v) is 12.2. The van der Waals surface area contributed by atoms with E-state index in [1.165, 1.54) is 12.1 Å². The zero-order valence-electron chi connectivity index (χ0n) is 11.5. The molecular weight excluding hydrogens is 293 g/mol. The number of hydrogen-bond donors (Lipinski definition) is 1. The van der Waals surface area contributed by atoms with Gasteiger partial charge in [0.25, 0.3) is 0 Å². The van der Waals surface area contributed by atoms with E-state index in [1.54, 1.807) is 36.3 Å². The molecular formula is C15H15ClFN3O. The van der Waals surface area contributed by atoms with Crippen molar-refractivity contribution in [2.45, 2.75) is 12.6 Å². The van der Waals surface area contributed by atoms with Crippen LogP contribution in [0.2, 0.25) is 5.15 Å². The normalized spacial score (nSPS) is 12.4. The van der Waals surface area contributed by atoms with Crippen LogP contribution in [-0.4, -0.2) is 22.8 Å². The van der Waals surface area contributed by atoms with Crippen molar-refractivity contribution >= 4 is 17.5 Å². The second-order valence-corrected chi connectivity index (χ2v) is 5.15. The molecule has 0 bridgehead atoms. The van der Waals surface area contributed by atoms with Gasteiger partial charge in [-0.1, -0.05) is 29.8 Å². The summed E-state index contributed by atoms with van der Waals surface area (Å²) in [6, 6.07) is 8.64. The van der Waals surface area contributed by atoms with Crippen LogP contribution in [0, 0.1) is 5.82 Å². The van der Waals surface area contributed by atoms with Gasteiger partial charge in [-0.05, 0) is 36.4 Å². The lowest BCUT2D eigenvalue weighted by Gasteiger charge is -2.25. The fraction of sp³-hybridized carbons (Fsp3) is 0.200. The molecule has 1 aromatic heterocycles. The molecule has 21 heavy (non-hydrogen) atoms. The first kappa shape index (κ1) is 15.4. The molecule has 110 valence electrons. The molecule has 1 atom stereocenters. The molecule has 0 saturated heterocycles. The molecule has 0 saturated carbocycles. The Labute approximate surface area is 127 Å². The maximum absolute atomic E-state index is 13.3. The number of pyridine rings is 1. The van der Waals surface area contributed by atoms with Crippen LogP contribution in [0.1, 0.15) is 17.2 Å². The van der Waals surface area contributed by atoms with Gasteiger partial charge in [-0.2, -0.15) is 0 Å². The molecule has 0 radical (unpaired) electrons. The summed E-state index contributed by atoms with van der Waals surface area (Å²) >= 11 is 5.73. The highest BCUT2D eigenvalue weighted by Crippen LogP contribution is 2.22. The average molecular weight is 308 g/mol. The summed E-state index contributed by atoms with van der Waals surface area (Å²) in [6.07, 6.45) is 1.63. The van der Waals surface area contributed by atoms with E-state index in [0.717, 1.165) is 5.56 Å². The fourth-order valence-corrected chi connectivity index (χ4v) is 2.30. The maximum Gasteiger partial charge on any atom is 0.239 e. The van der Waals surface area contributed by atoms with Crippen molar-refractivity contribution in [1.82, 2.24) is 9.88 Å². The number of rotatable bonds is 5. The van der Waals surface area contributed by atoms with Crippen molar-refractivity contribution in [3.8, 4) is 0 Å². The van der Waals surface area contributed by atoms with Gasteiger partial charge in [-0.25, -0.2) is 9.37 Å². The summed E-state index contributed by atoms with van der Waals surface area (Å²) in [6.45, 7) is 0.439. The second kappa shape index (κ2) is 6.65. The van der Waals surface area contributed by atoms with Gasteiger partial charge in [0.05, 0.1) is 0 Å². The van der Waals surface area contributed by atoms with E-state index >= 15 is 0 Å². The van der Waals surface area contributed by atoms with E-state index in [-0.39, 0.29) is 0 Å². The summed E-state index contributed by atoms with van der Waals surface area (Å²) in [5.41, 5.74) is 6.86. The SMILES string of the molecule is CN(Cc1ccc(Cl)nc1)[C@H](C(N)=O)c1cccc(F)c1. The first-order chi connectivity index (χ1) is 9.97. The van der Waals surface area contributed by atoms with Gasteiger partial charge in [0.1, 0.15) is 17.0 Å². The summed E-state index contributed by atoms with van der Waals surface area (Å²) in [4.78, 5) is 17.4. The smallest absolute Gasteiger partial charge is 0.239 e. The van der Waals surface area contributed by atoms with Crippen LogP contribution in [-0.2, 0) is 11.3 Å². The van der Waals surface area contributed by atoms with Crippen molar-refractivity contribution in [2.24, 2.45) is 5.73 Å². The monoisotopic (exact) mass is 307 g/mol. The summed E-state index contributed by atoms with van der Waals surface area (Å²) in [7, 11) is 1.74. The summed E-state index contributed by atoms with van der Waals surface area (Å²) < 4.78 is 13.3. The number of primary amides is 1. The highest BCUT2D eigenvalue weighted by atomic mass is 35.5. The molecule has 0 aliphatic rings. The fourth-order valence-electron chi connectivity index (χ4n) is 2.19. The molecule has 1 aromatic carbocycles. The second-order valence-electron chi connectivity index (χ2n) is 4.76. The molecule has 6 heteroatoms. The molecule has 2 aromatic rings. The third-order valence-corrected chi connectivity index (χ3v) is 3.32. The van der Waals surface area contributed by atoms with Crippen LogP contribution >= 0.6 is 11.6 Å². The number of hydrogen-bond acceptors (Lipinski definition) is 3. The number of carbonyl (C=O) groups excluding carboxylic acids is 1. The quantitative estimate of drug-likeness (QED) is 0.864. The minimum Gasteiger partial charge on any atom is -0.368 e. The van der Waals surface area contributed by atoms with Crippen LogP contribution in [0.15, 0.2) is 42.6 Å². The summed E-state index contributed by atoms with van der Waals surface area (Å²) in [5, 5.41) is 0.401. The lowest BCUT2D eigenvalue weighted by atomic mass is 10.0. The van der Waals surface area contributed by atoms with Crippen LogP contribution in [0.25, 0.3) is 0 Å². The highest BCUT2D eigenvalue weighted by molar-refractivity contribution is 6.29. The number of benzene rings is 1. The zero-order chi connectivity index (χ0) is 15.4. The number of nitrogens with zero attached hydrogens (tertiary/aromatic N) is 2. The molecule has 0 aliphatic carbocycles. The van der Waals surface area contributed by atoms with E-state index in [0.29, 0.717) is 17.3 Å². The number of halogens is 2. The first-order valence-corrected chi connectivity index (χ1v) is 6.70. The molecule has 4 nitrogen and oxygen atoms in total. The minimum atomic E-state index is -0.712. The Morgan fingerprint density at radius 1 is 1.43 bits per heavy atom. The molecule has 1 heterocycles. The third-order valence-electron chi connectivity index (χ3n) is 3.10. The number of nitrogens with two attached hydrogens (primary N) is 1. The molecule has 0 unspecified atom stereocenters. The van der Waals surface area contributed by atoms with Gasteiger partial charge in [0.2, 0.25) is 5.91 Å². The van der Waals surface area contributed by atoms with Crippen molar-refractivity contribution in [1.29, 1.82) is 0 Å². The number of amides is 1. The molecule has 2 N–H and O–H groups in total. The molecule has 1 amide bonds. The van der Waals surface area contributed by atoms with Gasteiger partial charge in [-0.15, -0.1) is 0 Å². The predicted molar refractivity (Wildman–Crippen MR) is 79.0 cm³/mol. The van der Waals surface area contributed by atoms with Gasteiger partial charge in [0, 0.05) is 12.7 Å². The van der Waals surface area contributed by atoms with Gasteiger partial charge in [-0.3, -0.25) is 9.69 Å².